The summed E-state index contributed by atoms with van der Waals surface area (Å²) in [5.74, 6) is 0.802. The molecule has 1 fully saturated rings. The summed E-state index contributed by atoms with van der Waals surface area (Å²) in [6.07, 6.45) is 4.35. The van der Waals surface area contributed by atoms with E-state index in [4.69, 9.17) is 0 Å². The number of carbonyl (C=O) groups excluding carboxylic acids is 1. The fourth-order valence-electron chi connectivity index (χ4n) is 2.88. The van der Waals surface area contributed by atoms with Crippen LogP contribution < -0.4 is 5.43 Å². The molecule has 5 nitrogen and oxygen atoms in total. The molecule has 1 aliphatic carbocycles. The van der Waals surface area contributed by atoms with Gasteiger partial charge in [0, 0.05) is 17.8 Å². The van der Waals surface area contributed by atoms with Crippen molar-refractivity contribution in [2.24, 2.45) is 5.10 Å². The van der Waals surface area contributed by atoms with Crippen LogP contribution in [0.2, 0.25) is 0 Å². The third-order valence-corrected chi connectivity index (χ3v) is 4.01. The predicted molar refractivity (Wildman–Crippen MR) is 83.5 cm³/mol. The van der Waals surface area contributed by atoms with Gasteiger partial charge in [0.05, 0.1) is 11.0 Å². The maximum absolute atomic E-state index is 12.2. The van der Waals surface area contributed by atoms with Crippen molar-refractivity contribution in [1.29, 1.82) is 0 Å². The second-order valence-electron chi connectivity index (χ2n) is 5.43. The molecule has 0 atom stereocenters. The first-order chi connectivity index (χ1) is 10.2. The van der Waals surface area contributed by atoms with Gasteiger partial charge in [-0.15, -0.1) is 0 Å². The van der Waals surface area contributed by atoms with Gasteiger partial charge in [-0.3, -0.25) is 4.79 Å². The van der Waals surface area contributed by atoms with Crippen molar-refractivity contribution < 1.29 is 4.79 Å². The fraction of sp³-hybridized carbons (Fsp3) is 0.438. The van der Waals surface area contributed by atoms with Gasteiger partial charge in [-0.05, 0) is 57.7 Å². The molecule has 1 saturated carbocycles. The van der Waals surface area contributed by atoms with Crippen LogP contribution in [0, 0.1) is 6.92 Å². The molecule has 0 unspecified atom stereocenters. The van der Waals surface area contributed by atoms with Crippen molar-refractivity contribution >= 4 is 22.7 Å². The number of rotatable bonds is 3. The van der Waals surface area contributed by atoms with Gasteiger partial charge in [-0.2, -0.15) is 5.10 Å². The average Bonchev–Trinajstić information content (AvgIpc) is 3.10. The highest BCUT2D eigenvalue weighted by Crippen LogP contribution is 2.18. The molecule has 0 aliphatic heterocycles. The van der Waals surface area contributed by atoms with Crippen molar-refractivity contribution in [2.45, 2.75) is 46.1 Å². The van der Waals surface area contributed by atoms with E-state index in [2.05, 4.69) is 27.0 Å². The molecule has 1 aliphatic rings. The van der Waals surface area contributed by atoms with Crippen LogP contribution in [0.3, 0.4) is 0 Å². The van der Waals surface area contributed by atoms with E-state index >= 15 is 0 Å². The Kier molecular flexibility index (Phi) is 3.73. The minimum absolute atomic E-state index is 0.167. The molecule has 3 rings (SSSR count). The van der Waals surface area contributed by atoms with E-state index in [0.717, 1.165) is 42.0 Å². The quantitative estimate of drug-likeness (QED) is 0.881. The summed E-state index contributed by atoms with van der Waals surface area (Å²) in [4.78, 5) is 16.7. The monoisotopic (exact) mass is 284 g/mol. The van der Waals surface area contributed by atoms with Gasteiger partial charge in [0.2, 0.25) is 0 Å². The van der Waals surface area contributed by atoms with Crippen LogP contribution >= 0.6 is 0 Å². The number of carbonyl (C=O) groups is 1. The largest absolute Gasteiger partial charge is 0.329 e. The molecule has 110 valence electrons. The number of hydrogen-bond acceptors (Lipinski definition) is 3. The maximum Gasteiger partial charge on any atom is 0.271 e. The van der Waals surface area contributed by atoms with E-state index in [1.807, 2.05) is 25.1 Å². The lowest BCUT2D eigenvalue weighted by Gasteiger charge is -2.03. The lowest BCUT2D eigenvalue weighted by Crippen LogP contribution is -2.19. The Balaban J connectivity index is 1.83. The highest BCUT2D eigenvalue weighted by Gasteiger charge is 2.12. The number of hydrazone groups is 1. The molecular weight excluding hydrogens is 264 g/mol. The van der Waals surface area contributed by atoms with Crippen molar-refractivity contribution in [1.82, 2.24) is 15.0 Å². The molecule has 2 aromatic rings. The SMILES string of the molecule is CCn1c(C)nc2cc(C(=O)NN=C3CCCC3)ccc21. The van der Waals surface area contributed by atoms with E-state index < -0.39 is 0 Å². The van der Waals surface area contributed by atoms with E-state index in [9.17, 15) is 4.79 Å². The summed E-state index contributed by atoms with van der Waals surface area (Å²) in [5, 5.41) is 4.21. The number of amides is 1. The van der Waals surface area contributed by atoms with Crippen LogP contribution in [0.15, 0.2) is 23.3 Å². The Morgan fingerprint density at radius 1 is 1.38 bits per heavy atom. The van der Waals surface area contributed by atoms with Gasteiger partial charge < -0.3 is 4.57 Å². The molecule has 5 heteroatoms. The van der Waals surface area contributed by atoms with Crippen molar-refractivity contribution in [3.8, 4) is 0 Å². The fourth-order valence-corrected chi connectivity index (χ4v) is 2.88. The zero-order valence-electron chi connectivity index (χ0n) is 12.5. The summed E-state index contributed by atoms with van der Waals surface area (Å²) >= 11 is 0. The van der Waals surface area contributed by atoms with Crippen molar-refractivity contribution in [3.63, 3.8) is 0 Å². The predicted octanol–water partition coefficient (Wildman–Crippen LogP) is 3.02. The number of benzene rings is 1. The Hall–Kier alpha value is -2.17. The average molecular weight is 284 g/mol. The third-order valence-electron chi connectivity index (χ3n) is 4.01. The van der Waals surface area contributed by atoms with Crippen LogP contribution in [-0.4, -0.2) is 21.2 Å². The molecule has 1 heterocycles. The van der Waals surface area contributed by atoms with Crippen LogP contribution in [-0.2, 0) is 6.54 Å². The van der Waals surface area contributed by atoms with Gasteiger partial charge in [0.1, 0.15) is 5.82 Å². The number of aryl methyl sites for hydroxylation is 2. The zero-order chi connectivity index (χ0) is 14.8. The van der Waals surface area contributed by atoms with E-state index in [-0.39, 0.29) is 5.91 Å². The zero-order valence-corrected chi connectivity index (χ0v) is 12.5. The van der Waals surface area contributed by atoms with Gasteiger partial charge in [0.25, 0.3) is 5.91 Å². The minimum atomic E-state index is -0.167. The Labute approximate surface area is 124 Å². The smallest absolute Gasteiger partial charge is 0.271 e. The maximum atomic E-state index is 12.2. The highest BCUT2D eigenvalue weighted by molar-refractivity contribution is 5.98. The summed E-state index contributed by atoms with van der Waals surface area (Å²) < 4.78 is 2.13. The molecule has 1 amide bonds. The van der Waals surface area contributed by atoms with Gasteiger partial charge in [-0.1, -0.05) is 0 Å². The van der Waals surface area contributed by atoms with Crippen LogP contribution in [0.25, 0.3) is 11.0 Å². The van der Waals surface area contributed by atoms with E-state index in [1.54, 1.807) is 0 Å². The van der Waals surface area contributed by atoms with Crippen molar-refractivity contribution in [2.75, 3.05) is 0 Å². The number of nitrogens with one attached hydrogen (secondary N) is 1. The Morgan fingerprint density at radius 2 is 2.14 bits per heavy atom. The molecule has 1 N–H and O–H groups in total. The third kappa shape index (κ3) is 2.68. The van der Waals surface area contributed by atoms with Crippen LogP contribution in [0.5, 0.6) is 0 Å². The van der Waals surface area contributed by atoms with Gasteiger partial charge >= 0.3 is 0 Å². The molecule has 0 spiro atoms. The Morgan fingerprint density at radius 3 is 2.86 bits per heavy atom. The number of nitrogens with zero attached hydrogens (tertiary/aromatic N) is 3. The van der Waals surface area contributed by atoms with Crippen molar-refractivity contribution in [3.05, 3.63) is 29.6 Å². The Bertz CT molecular complexity index is 706. The number of hydrogen-bond donors (Lipinski definition) is 1. The normalized spacial score (nSPS) is 14.7. The standard InChI is InChI=1S/C16H20N4O/c1-3-20-11(2)17-14-10-12(8-9-15(14)20)16(21)19-18-13-6-4-5-7-13/h8-10H,3-7H2,1-2H3,(H,19,21). The first-order valence-electron chi connectivity index (χ1n) is 7.51. The molecule has 0 bridgehead atoms. The molecule has 1 aromatic heterocycles. The molecule has 1 aromatic carbocycles. The summed E-state index contributed by atoms with van der Waals surface area (Å²) in [6, 6.07) is 5.62. The summed E-state index contributed by atoms with van der Waals surface area (Å²) in [5.41, 5.74) is 6.27. The second-order valence-corrected chi connectivity index (χ2v) is 5.43. The highest BCUT2D eigenvalue weighted by atomic mass is 16.2. The van der Waals surface area contributed by atoms with Crippen LogP contribution in [0.1, 0.15) is 48.8 Å². The second kappa shape index (κ2) is 5.68. The molecule has 0 radical (unpaired) electrons. The molecule has 0 saturated heterocycles. The lowest BCUT2D eigenvalue weighted by atomic mass is 10.2. The minimum Gasteiger partial charge on any atom is -0.329 e. The van der Waals surface area contributed by atoms with Gasteiger partial charge in [0.15, 0.2) is 0 Å². The first kappa shape index (κ1) is 13.8. The lowest BCUT2D eigenvalue weighted by molar-refractivity contribution is 0.0955. The van der Waals surface area contributed by atoms with E-state index in [1.165, 1.54) is 12.8 Å². The van der Waals surface area contributed by atoms with Gasteiger partial charge in [-0.25, -0.2) is 10.4 Å². The van der Waals surface area contributed by atoms with E-state index in [0.29, 0.717) is 5.56 Å². The summed E-state index contributed by atoms with van der Waals surface area (Å²) in [6.45, 7) is 4.95. The molecule has 21 heavy (non-hydrogen) atoms. The number of aromatic nitrogens is 2. The first-order valence-corrected chi connectivity index (χ1v) is 7.51. The molecular formula is C16H20N4O. The summed E-state index contributed by atoms with van der Waals surface area (Å²) in [7, 11) is 0. The van der Waals surface area contributed by atoms with Crippen LogP contribution in [0.4, 0.5) is 0 Å². The topological polar surface area (TPSA) is 59.3 Å². The number of imidazole rings is 1. The number of fused-ring (bicyclic) bond motifs is 1.